The van der Waals surface area contributed by atoms with Gasteiger partial charge in [0.05, 0.1) is 13.3 Å². The van der Waals surface area contributed by atoms with Crippen molar-refractivity contribution in [2.45, 2.75) is 12.3 Å². The number of nitrogens with zero attached hydrogens (tertiary/aromatic N) is 3. The molecule has 1 aliphatic rings. The molecule has 0 bridgehead atoms. The molecular weight excluding hydrogens is 316 g/mol. The molecule has 2 aromatic rings. The summed E-state index contributed by atoms with van der Waals surface area (Å²) in [4.78, 5) is 11.0. The van der Waals surface area contributed by atoms with Crippen LogP contribution in [0.2, 0.25) is 5.02 Å². The molecule has 4 nitrogen and oxygen atoms in total. The van der Waals surface area contributed by atoms with Gasteiger partial charge in [-0.3, -0.25) is 9.88 Å². The number of hydrogen-bond donors (Lipinski definition) is 1. The molecule has 0 radical (unpaired) electrons. The van der Waals surface area contributed by atoms with Crippen LogP contribution in [-0.2, 0) is 12.3 Å². The van der Waals surface area contributed by atoms with Crippen molar-refractivity contribution < 1.29 is 0 Å². The highest BCUT2D eigenvalue weighted by Crippen LogP contribution is 2.18. The number of amidine groups is 1. The van der Waals surface area contributed by atoms with Crippen LogP contribution in [0.25, 0.3) is 0 Å². The standard InChI is InChI=1S/C16H17ClN4S/c17-15-5-1-3-13(7-15)10-22-16-19-11-21(12-20-16)9-14-4-2-6-18-8-14/h1-8H,9-12H2,(H,19,20). The summed E-state index contributed by atoms with van der Waals surface area (Å²) >= 11 is 7.70. The summed E-state index contributed by atoms with van der Waals surface area (Å²) in [6.07, 6.45) is 3.69. The number of benzene rings is 1. The molecule has 2 heterocycles. The zero-order chi connectivity index (χ0) is 15.2. The van der Waals surface area contributed by atoms with Crippen molar-refractivity contribution in [1.82, 2.24) is 15.2 Å². The van der Waals surface area contributed by atoms with E-state index in [-0.39, 0.29) is 0 Å². The van der Waals surface area contributed by atoms with Gasteiger partial charge in [-0.1, -0.05) is 41.6 Å². The van der Waals surface area contributed by atoms with E-state index in [9.17, 15) is 0 Å². The van der Waals surface area contributed by atoms with E-state index in [1.807, 2.05) is 30.5 Å². The first kappa shape index (κ1) is 15.3. The van der Waals surface area contributed by atoms with Gasteiger partial charge >= 0.3 is 0 Å². The van der Waals surface area contributed by atoms with Gasteiger partial charge in [-0.2, -0.15) is 0 Å². The Morgan fingerprint density at radius 3 is 2.86 bits per heavy atom. The molecule has 22 heavy (non-hydrogen) atoms. The summed E-state index contributed by atoms with van der Waals surface area (Å²) in [5.74, 6) is 0.870. The van der Waals surface area contributed by atoms with E-state index < -0.39 is 0 Å². The van der Waals surface area contributed by atoms with Gasteiger partial charge in [0.2, 0.25) is 0 Å². The molecule has 1 aliphatic heterocycles. The molecule has 1 aromatic heterocycles. The second-order valence-electron chi connectivity index (χ2n) is 5.05. The summed E-state index contributed by atoms with van der Waals surface area (Å²) in [5, 5.41) is 5.13. The lowest BCUT2D eigenvalue weighted by atomic mass is 10.2. The zero-order valence-electron chi connectivity index (χ0n) is 12.1. The van der Waals surface area contributed by atoms with E-state index in [1.54, 1.807) is 18.0 Å². The molecule has 114 valence electrons. The molecular formula is C16H17ClN4S. The monoisotopic (exact) mass is 332 g/mol. The van der Waals surface area contributed by atoms with Crippen LogP contribution >= 0.6 is 23.4 Å². The number of rotatable bonds is 4. The maximum atomic E-state index is 6.00. The van der Waals surface area contributed by atoms with Crippen molar-refractivity contribution >= 4 is 28.5 Å². The average Bonchev–Trinajstić information content (AvgIpc) is 2.55. The Balaban J connectivity index is 1.49. The van der Waals surface area contributed by atoms with E-state index >= 15 is 0 Å². The molecule has 0 spiro atoms. The number of nitrogens with one attached hydrogen (secondary N) is 1. The normalized spacial score (nSPS) is 15.2. The summed E-state index contributed by atoms with van der Waals surface area (Å²) < 4.78 is 0. The summed E-state index contributed by atoms with van der Waals surface area (Å²) in [5.41, 5.74) is 2.41. The Kier molecular flexibility index (Phi) is 5.32. The Hall–Kier alpha value is -1.56. The highest BCUT2D eigenvalue weighted by molar-refractivity contribution is 8.13. The number of thioether (sulfide) groups is 1. The molecule has 0 unspecified atom stereocenters. The Morgan fingerprint density at radius 2 is 2.14 bits per heavy atom. The minimum Gasteiger partial charge on any atom is -0.352 e. The van der Waals surface area contributed by atoms with Crippen molar-refractivity contribution in [3.63, 3.8) is 0 Å². The van der Waals surface area contributed by atoms with Gasteiger partial charge < -0.3 is 5.32 Å². The average molecular weight is 333 g/mol. The van der Waals surface area contributed by atoms with Gasteiger partial charge in [0.1, 0.15) is 0 Å². The fourth-order valence-electron chi connectivity index (χ4n) is 2.18. The first-order chi connectivity index (χ1) is 10.8. The Bertz CT molecular complexity index is 648. The second kappa shape index (κ2) is 7.63. The van der Waals surface area contributed by atoms with E-state index in [2.05, 4.69) is 32.3 Å². The maximum absolute atomic E-state index is 6.00. The predicted molar refractivity (Wildman–Crippen MR) is 92.8 cm³/mol. The third kappa shape index (κ3) is 4.47. The lowest BCUT2D eigenvalue weighted by Gasteiger charge is -2.26. The van der Waals surface area contributed by atoms with Crippen LogP contribution in [0.1, 0.15) is 11.1 Å². The predicted octanol–water partition coefficient (Wildman–Crippen LogP) is 3.34. The minimum atomic E-state index is 0.708. The highest BCUT2D eigenvalue weighted by atomic mass is 35.5. The third-order valence-corrected chi connectivity index (χ3v) is 4.52. The summed E-state index contributed by atoms with van der Waals surface area (Å²) in [7, 11) is 0. The van der Waals surface area contributed by atoms with Crippen LogP contribution in [0.4, 0.5) is 0 Å². The molecule has 1 aromatic carbocycles. The molecule has 0 aliphatic carbocycles. The number of pyridine rings is 1. The first-order valence-corrected chi connectivity index (χ1v) is 8.43. The Labute approximate surface area is 139 Å². The van der Waals surface area contributed by atoms with E-state index in [1.165, 1.54) is 11.1 Å². The van der Waals surface area contributed by atoms with E-state index in [0.717, 1.165) is 29.2 Å². The number of hydrogen-bond acceptors (Lipinski definition) is 5. The van der Waals surface area contributed by atoms with Gasteiger partial charge in [0.15, 0.2) is 5.17 Å². The summed E-state index contributed by atoms with van der Waals surface area (Å²) in [6, 6.07) is 12.0. The molecule has 6 heteroatoms. The van der Waals surface area contributed by atoms with Gasteiger partial charge in [0.25, 0.3) is 0 Å². The fraction of sp³-hybridized carbons (Fsp3) is 0.250. The zero-order valence-corrected chi connectivity index (χ0v) is 13.6. The van der Waals surface area contributed by atoms with Crippen molar-refractivity contribution in [1.29, 1.82) is 0 Å². The topological polar surface area (TPSA) is 40.5 Å². The van der Waals surface area contributed by atoms with Crippen LogP contribution in [0.5, 0.6) is 0 Å². The fourth-order valence-corrected chi connectivity index (χ4v) is 3.19. The van der Waals surface area contributed by atoms with Crippen LogP contribution in [0.3, 0.4) is 0 Å². The van der Waals surface area contributed by atoms with E-state index in [4.69, 9.17) is 11.6 Å². The third-order valence-electron chi connectivity index (χ3n) is 3.26. The van der Waals surface area contributed by atoms with Gasteiger partial charge in [-0.25, -0.2) is 4.99 Å². The minimum absolute atomic E-state index is 0.708. The van der Waals surface area contributed by atoms with Crippen molar-refractivity contribution in [2.75, 3.05) is 13.3 Å². The SMILES string of the molecule is Clc1cccc(CSC2=NCN(Cc3cccnc3)CN2)c1. The van der Waals surface area contributed by atoms with Gasteiger partial charge in [-0.05, 0) is 29.3 Å². The maximum Gasteiger partial charge on any atom is 0.159 e. The highest BCUT2D eigenvalue weighted by Gasteiger charge is 2.12. The largest absolute Gasteiger partial charge is 0.352 e. The van der Waals surface area contributed by atoms with Crippen LogP contribution < -0.4 is 5.32 Å². The molecule has 0 amide bonds. The van der Waals surface area contributed by atoms with Gasteiger partial charge in [-0.15, -0.1) is 0 Å². The number of halogens is 1. The lowest BCUT2D eigenvalue weighted by Crippen LogP contribution is -2.41. The number of aliphatic imine (C=N–C) groups is 1. The first-order valence-electron chi connectivity index (χ1n) is 7.06. The lowest BCUT2D eigenvalue weighted by molar-refractivity contribution is 0.258. The number of aromatic nitrogens is 1. The summed E-state index contributed by atoms with van der Waals surface area (Å²) in [6.45, 7) is 2.37. The van der Waals surface area contributed by atoms with Gasteiger partial charge in [0, 0.05) is 29.7 Å². The van der Waals surface area contributed by atoms with E-state index in [0.29, 0.717) is 6.67 Å². The molecule has 0 saturated heterocycles. The van der Waals surface area contributed by atoms with Crippen LogP contribution in [0, 0.1) is 0 Å². The van der Waals surface area contributed by atoms with Crippen molar-refractivity contribution in [2.24, 2.45) is 4.99 Å². The smallest absolute Gasteiger partial charge is 0.159 e. The van der Waals surface area contributed by atoms with Crippen molar-refractivity contribution in [3.05, 3.63) is 64.9 Å². The molecule has 1 N–H and O–H groups in total. The van der Waals surface area contributed by atoms with Crippen LogP contribution in [0.15, 0.2) is 53.8 Å². The molecule has 0 fully saturated rings. The molecule has 0 atom stereocenters. The molecule has 3 rings (SSSR count). The second-order valence-corrected chi connectivity index (χ2v) is 6.45. The Morgan fingerprint density at radius 1 is 1.23 bits per heavy atom. The quantitative estimate of drug-likeness (QED) is 0.932. The molecule has 0 saturated carbocycles. The van der Waals surface area contributed by atoms with Crippen LogP contribution in [-0.4, -0.2) is 28.4 Å². The van der Waals surface area contributed by atoms with Crippen molar-refractivity contribution in [3.8, 4) is 0 Å².